The van der Waals surface area contributed by atoms with Crippen LogP contribution in [-0.4, -0.2) is 32.6 Å². The summed E-state index contributed by atoms with van der Waals surface area (Å²) in [6, 6.07) is 8.19. The SMILES string of the molecule is CN1CCN(C(=O)CC2(CN)CCCCC2)c2ccccc21. The predicted molar refractivity (Wildman–Crippen MR) is 91.3 cm³/mol. The highest BCUT2D eigenvalue weighted by atomic mass is 16.2. The minimum absolute atomic E-state index is 0.0353. The Morgan fingerprint density at radius 2 is 1.82 bits per heavy atom. The van der Waals surface area contributed by atoms with Crippen LogP contribution < -0.4 is 15.5 Å². The van der Waals surface area contributed by atoms with E-state index in [2.05, 4.69) is 24.1 Å². The minimum atomic E-state index is 0.0353. The van der Waals surface area contributed by atoms with Crippen LogP contribution in [0.2, 0.25) is 0 Å². The largest absolute Gasteiger partial charge is 0.371 e. The summed E-state index contributed by atoms with van der Waals surface area (Å²) in [7, 11) is 2.09. The summed E-state index contributed by atoms with van der Waals surface area (Å²) >= 11 is 0. The van der Waals surface area contributed by atoms with Gasteiger partial charge in [0.2, 0.25) is 5.91 Å². The normalized spacial score (nSPS) is 20.6. The summed E-state index contributed by atoms with van der Waals surface area (Å²) < 4.78 is 0. The predicted octanol–water partition coefficient (Wildman–Crippen LogP) is 2.77. The second-order valence-corrected chi connectivity index (χ2v) is 6.90. The van der Waals surface area contributed by atoms with Gasteiger partial charge in [-0.1, -0.05) is 31.4 Å². The van der Waals surface area contributed by atoms with Crippen molar-refractivity contribution in [2.24, 2.45) is 11.1 Å². The van der Waals surface area contributed by atoms with Gasteiger partial charge >= 0.3 is 0 Å². The molecule has 1 fully saturated rings. The maximum absolute atomic E-state index is 13.0. The molecule has 1 saturated carbocycles. The zero-order valence-corrected chi connectivity index (χ0v) is 13.6. The van der Waals surface area contributed by atoms with E-state index < -0.39 is 0 Å². The minimum Gasteiger partial charge on any atom is -0.371 e. The maximum atomic E-state index is 13.0. The molecule has 0 bridgehead atoms. The Hall–Kier alpha value is -1.55. The number of hydrogen-bond acceptors (Lipinski definition) is 3. The number of hydrogen-bond donors (Lipinski definition) is 1. The molecule has 22 heavy (non-hydrogen) atoms. The summed E-state index contributed by atoms with van der Waals surface area (Å²) in [5.41, 5.74) is 8.28. The molecule has 1 aromatic rings. The van der Waals surface area contributed by atoms with Gasteiger partial charge in [0, 0.05) is 26.6 Å². The molecule has 2 aliphatic rings. The van der Waals surface area contributed by atoms with E-state index in [1.807, 2.05) is 17.0 Å². The molecule has 0 atom stereocenters. The van der Waals surface area contributed by atoms with Crippen LogP contribution >= 0.6 is 0 Å². The van der Waals surface area contributed by atoms with Crippen molar-refractivity contribution in [1.82, 2.24) is 0 Å². The number of likely N-dealkylation sites (N-methyl/N-ethyl adjacent to an activating group) is 1. The van der Waals surface area contributed by atoms with Crippen molar-refractivity contribution in [3.63, 3.8) is 0 Å². The fraction of sp³-hybridized carbons (Fsp3) is 0.611. The molecule has 1 amide bonds. The summed E-state index contributed by atoms with van der Waals surface area (Å²) in [6.45, 7) is 2.29. The van der Waals surface area contributed by atoms with Crippen LogP contribution in [0, 0.1) is 5.41 Å². The van der Waals surface area contributed by atoms with Crippen molar-refractivity contribution in [3.8, 4) is 0 Å². The van der Waals surface area contributed by atoms with Crippen LogP contribution in [0.15, 0.2) is 24.3 Å². The quantitative estimate of drug-likeness (QED) is 0.934. The summed E-state index contributed by atoms with van der Waals surface area (Å²) in [6.07, 6.45) is 6.51. The molecule has 0 radical (unpaired) electrons. The van der Waals surface area contributed by atoms with Gasteiger partial charge in [0.1, 0.15) is 0 Å². The Labute approximate surface area is 133 Å². The number of nitrogens with two attached hydrogens (primary N) is 1. The van der Waals surface area contributed by atoms with Crippen LogP contribution in [0.1, 0.15) is 38.5 Å². The number of carbonyl (C=O) groups excluding carboxylic acids is 1. The van der Waals surface area contributed by atoms with E-state index >= 15 is 0 Å². The Kier molecular flexibility index (Phi) is 4.39. The van der Waals surface area contributed by atoms with Gasteiger partial charge in [-0.05, 0) is 36.9 Å². The number of anilines is 2. The third kappa shape index (κ3) is 2.84. The second-order valence-electron chi connectivity index (χ2n) is 6.90. The molecule has 1 heterocycles. The van der Waals surface area contributed by atoms with Crippen molar-refractivity contribution in [1.29, 1.82) is 0 Å². The third-order valence-electron chi connectivity index (χ3n) is 5.42. The van der Waals surface area contributed by atoms with E-state index in [-0.39, 0.29) is 11.3 Å². The van der Waals surface area contributed by atoms with Crippen LogP contribution in [0.4, 0.5) is 11.4 Å². The smallest absolute Gasteiger partial charge is 0.227 e. The van der Waals surface area contributed by atoms with Gasteiger partial charge in [-0.2, -0.15) is 0 Å². The summed E-state index contributed by atoms with van der Waals surface area (Å²) in [5, 5.41) is 0. The van der Waals surface area contributed by atoms with Crippen molar-refractivity contribution >= 4 is 17.3 Å². The average Bonchev–Trinajstić information content (AvgIpc) is 2.56. The monoisotopic (exact) mass is 301 g/mol. The van der Waals surface area contributed by atoms with Crippen LogP contribution in [0.5, 0.6) is 0 Å². The Balaban J connectivity index is 1.79. The first-order valence-electron chi connectivity index (χ1n) is 8.46. The Morgan fingerprint density at radius 3 is 2.50 bits per heavy atom. The summed E-state index contributed by atoms with van der Waals surface area (Å²) in [5.74, 6) is 0.243. The number of nitrogens with zero attached hydrogens (tertiary/aromatic N) is 2. The average molecular weight is 301 g/mol. The lowest BCUT2D eigenvalue weighted by Gasteiger charge is -2.40. The molecule has 4 heteroatoms. The van der Waals surface area contributed by atoms with Crippen LogP contribution in [-0.2, 0) is 4.79 Å². The van der Waals surface area contributed by atoms with Gasteiger partial charge in [-0.3, -0.25) is 4.79 Å². The molecule has 0 aromatic heterocycles. The highest BCUT2D eigenvalue weighted by molar-refractivity contribution is 5.98. The highest BCUT2D eigenvalue weighted by Gasteiger charge is 2.35. The van der Waals surface area contributed by atoms with Crippen LogP contribution in [0.25, 0.3) is 0 Å². The standard InChI is InChI=1S/C18H27N3O/c1-20-11-12-21(16-8-4-3-7-15(16)20)17(22)13-18(14-19)9-5-2-6-10-18/h3-4,7-8H,2,5-6,9-14,19H2,1H3. The van der Waals surface area contributed by atoms with E-state index in [0.717, 1.165) is 37.3 Å². The van der Waals surface area contributed by atoms with Gasteiger partial charge < -0.3 is 15.5 Å². The van der Waals surface area contributed by atoms with Crippen LogP contribution in [0.3, 0.4) is 0 Å². The fourth-order valence-electron chi connectivity index (χ4n) is 3.94. The first-order valence-corrected chi connectivity index (χ1v) is 8.46. The molecular formula is C18H27N3O. The molecule has 1 aliphatic heterocycles. The van der Waals surface area contributed by atoms with Gasteiger partial charge in [0.15, 0.2) is 0 Å². The molecule has 1 aromatic carbocycles. The maximum Gasteiger partial charge on any atom is 0.227 e. The number of para-hydroxylation sites is 2. The summed E-state index contributed by atoms with van der Waals surface area (Å²) in [4.78, 5) is 17.1. The number of amides is 1. The second kappa shape index (κ2) is 6.29. The number of carbonyl (C=O) groups is 1. The molecule has 0 saturated heterocycles. The molecular weight excluding hydrogens is 274 g/mol. The molecule has 120 valence electrons. The number of benzene rings is 1. The molecule has 0 unspecified atom stereocenters. The number of fused-ring (bicyclic) bond motifs is 1. The molecule has 3 rings (SSSR count). The van der Waals surface area contributed by atoms with Crippen molar-refractivity contribution in [3.05, 3.63) is 24.3 Å². The van der Waals surface area contributed by atoms with E-state index in [1.54, 1.807) is 0 Å². The number of rotatable bonds is 3. The van der Waals surface area contributed by atoms with E-state index in [0.29, 0.717) is 13.0 Å². The molecule has 0 spiro atoms. The first-order chi connectivity index (χ1) is 10.7. The zero-order chi connectivity index (χ0) is 15.6. The lowest BCUT2D eigenvalue weighted by atomic mass is 9.71. The van der Waals surface area contributed by atoms with E-state index in [9.17, 15) is 4.79 Å². The Morgan fingerprint density at radius 1 is 1.14 bits per heavy atom. The molecule has 4 nitrogen and oxygen atoms in total. The van der Waals surface area contributed by atoms with Crippen molar-refractivity contribution < 1.29 is 4.79 Å². The zero-order valence-electron chi connectivity index (χ0n) is 13.6. The van der Waals surface area contributed by atoms with E-state index in [1.165, 1.54) is 19.3 Å². The highest BCUT2D eigenvalue weighted by Crippen LogP contribution is 2.40. The van der Waals surface area contributed by atoms with Gasteiger partial charge in [-0.15, -0.1) is 0 Å². The molecule has 1 aliphatic carbocycles. The first kappa shape index (κ1) is 15.3. The van der Waals surface area contributed by atoms with Crippen molar-refractivity contribution in [2.45, 2.75) is 38.5 Å². The Bertz CT molecular complexity index is 537. The van der Waals surface area contributed by atoms with Gasteiger partial charge in [0.25, 0.3) is 0 Å². The lowest BCUT2D eigenvalue weighted by Crippen LogP contribution is -2.46. The van der Waals surface area contributed by atoms with Gasteiger partial charge in [0.05, 0.1) is 11.4 Å². The topological polar surface area (TPSA) is 49.6 Å². The lowest BCUT2D eigenvalue weighted by molar-refractivity contribution is -0.121. The third-order valence-corrected chi connectivity index (χ3v) is 5.42. The van der Waals surface area contributed by atoms with Gasteiger partial charge in [-0.25, -0.2) is 0 Å². The van der Waals surface area contributed by atoms with E-state index in [4.69, 9.17) is 5.73 Å². The fourth-order valence-corrected chi connectivity index (χ4v) is 3.94. The van der Waals surface area contributed by atoms with Crippen molar-refractivity contribution in [2.75, 3.05) is 36.5 Å². The molecule has 2 N–H and O–H groups in total.